The Morgan fingerprint density at radius 2 is 2.28 bits per heavy atom. The molecular formula is C14H18FNO2. The van der Waals surface area contributed by atoms with Crippen molar-refractivity contribution in [2.24, 2.45) is 11.7 Å². The van der Waals surface area contributed by atoms with Crippen LogP contribution < -0.4 is 10.5 Å². The van der Waals surface area contributed by atoms with Gasteiger partial charge in [-0.15, -0.1) is 0 Å². The number of hydrogen-bond acceptors (Lipinski definition) is 3. The topological polar surface area (TPSA) is 44.5 Å². The van der Waals surface area contributed by atoms with Crippen molar-refractivity contribution in [3.63, 3.8) is 0 Å². The quantitative estimate of drug-likeness (QED) is 0.770. The van der Waals surface area contributed by atoms with E-state index in [9.17, 15) is 4.39 Å². The fourth-order valence-electron chi connectivity index (χ4n) is 3.00. The molecule has 3 rings (SSSR count). The predicted molar refractivity (Wildman–Crippen MR) is 65.9 cm³/mol. The maximum atomic E-state index is 13.2. The molecule has 1 spiro atoms. The summed E-state index contributed by atoms with van der Waals surface area (Å²) < 4.78 is 24.9. The van der Waals surface area contributed by atoms with Gasteiger partial charge in [-0.05, 0) is 18.2 Å². The summed E-state index contributed by atoms with van der Waals surface area (Å²) in [6.45, 7) is 3.53. The molecule has 1 aromatic carbocycles. The first-order valence-electron chi connectivity index (χ1n) is 6.42. The Morgan fingerprint density at radius 3 is 3.06 bits per heavy atom. The second-order valence-corrected chi connectivity index (χ2v) is 5.39. The second-order valence-electron chi connectivity index (χ2n) is 5.39. The van der Waals surface area contributed by atoms with Gasteiger partial charge in [0.25, 0.3) is 0 Å². The predicted octanol–water partition coefficient (Wildman–Crippen LogP) is 2.40. The zero-order valence-electron chi connectivity index (χ0n) is 10.5. The third-order valence-electron chi connectivity index (χ3n) is 4.19. The van der Waals surface area contributed by atoms with Gasteiger partial charge in [-0.1, -0.05) is 6.92 Å². The molecule has 0 radical (unpaired) electrons. The molecule has 2 aliphatic heterocycles. The molecule has 3 atom stereocenters. The van der Waals surface area contributed by atoms with Gasteiger partial charge in [0, 0.05) is 30.4 Å². The van der Waals surface area contributed by atoms with E-state index in [-0.39, 0.29) is 17.5 Å². The van der Waals surface area contributed by atoms with Crippen molar-refractivity contribution in [1.29, 1.82) is 0 Å². The molecule has 2 unspecified atom stereocenters. The van der Waals surface area contributed by atoms with Crippen LogP contribution in [0.1, 0.15) is 31.4 Å². The molecule has 0 saturated carbocycles. The van der Waals surface area contributed by atoms with Crippen LogP contribution in [0.2, 0.25) is 0 Å². The van der Waals surface area contributed by atoms with E-state index in [1.807, 2.05) is 0 Å². The number of rotatable bonds is 0. The van der Waals surface area contributed by atoms with Crippen molar-refractivity contribution >= 4 is 0 Å². The first-order chi connectivity index (χ1) is 8.61. The lowest BCUT2D eigenvalue weighted by Gasteiger charge is -2.47. The smallest absolute Gasteiger partial charge is 0.125 e. The van der Waals surface area contributed by atoms with Crippen LogP contribution in [0.3, 0.4) is 0 Å². The fourth-order valence-corrected chi connectivity index (χ4v) is 3.00. The molecule has 18 heavy (non-hydrogen) atoms. The summed E-state index contributed by atoms with van der Waals surface area (Å²) in [4.78, 5) is 0. The second kappa shape index (κ2) is 4.21. The van der Waals surface area contributed by atoms with Crippen LogP contribution >= 0.6 is 0 Å². The zero-order chi connectivity index (χ0) is 12.8. The van der Waals surface area contributed by atoms with Crippen molar-refractivity contribution in [3.8, 4) is 5.75 Å². The lowest BCUT2D eigenvalue weighted by Crippen LogP contribution is -2.52. The van der Waals surface area contributed by atoms with E-state index < -0.39 is 0 Å². The number of benzene rings is 1. The first-order valence-corrected chi connectivity index (χ1v) is 6.42. The minimum absolute atomic E-state index is 0.162. The summed E-state index contributed by atoms with van der Waals surface area (Å²) in [6.07, 6.45) is 1.58. The molecule has 2 heterocycles. The molecule has 0 bridgehead atoms. The molecule has 1 saturated heterocycles. The first kappa shape index (κ1) is 11.9. The van der Waals surface area contributed by atoms with Gasteiger partial charge in [0.15, 0.2) is 0 Å². The molecule has 2 N–H and O–H groups in total. The summed E-state index contributed by atoms with van der Waals surface area (Å²) in [7, 11) is 0. The maximum Gasteiger partial charge on any atom is 0.125 e. The van der Waals surface area contributed by atoms with E-state index in [2.05, 4.69) is 6.92 Å². The minimum Gasteiger partial charge on any atom is -0.486 e. The largest absolute Gasteiger partial charge is 0.486 e. The van der Waals surface area contributed by atoms with Gasteiger partial charge < -0.3 is 15.2 Å². The van der Waals surface area contributed by atoms with E-state index in [1.165, 1.54) is 12.1 Å². The van der Waals surface area contributed by atoms with Crippen LogP contribution in [0.5, 0.6) is 5.75 Å². The highest BCUT2D eigenvalue weighted by molar-refractivity contribution is 5.39. The average molecular weight is 251 g/mol. The van der Waals surface area contributed by atoms with Crippen molar-refractivity contribution in [2.75, 3.05) is 13.2 Å². The van der Waals surface area contributed by atoms with Crippen molar-refractivity contribution in [3.05, 3.63) is 29.6 Å². The van der Waals surface area contributed by atoms with Gasteiger partial charge in [-0.3, -0.25) is 0 Å². The Balaban J connectivity index is 1.98. The number of halogens is 1. The van der Waals surface area contributed by atoms with Gasteiger partial charge in [0.05, 0.1) is 13.2 Å². The summed E-state index contributed by atoms with van der Waals surface area (Å²) in [5.74, 6) is 0.767. The highest BCUT2D eigenvalue weighted by atomic mass is 19.1. The Kier molecular flexibility index (Phi) is 2.79. The maximum absolute atomic E-state index is 13.2. The van der Waals surface area contributed by atoms with E-state index in [0.29, 0.717) is 19.1 Å². The lowest BCUT2D eigenvalue weighted by atomic mass is 9.76. The van der Waals surface area contributed by atoms with Crippen LogP contribution in [0, 0.1) is 11.7 Å². The molecule has 2 aliphatic rings. The van der Waals surface area contributed by atoms with Gasteiger partial charge in [0.1, 0.15) is 17.2 Å². The van der Waals surface area contributed by atoms with Crippen molar-refractivity contribution in [2.45, 2.75) is 31.4 Å². The van der Waals surface area contributed by atoms with Crippen molar-refractivity contribution in [1.82, 2.24) is 0 Å². The van der Waals surface area contributed by atoms with Crippen LogP contribution in [0.25, 0.3) is 0 Å². The van der Waals surface area contributed by atoms with Crippen LogP contribution in [0.15, 0.2) is 18.2 Å². The molecule has 98 valence electrons. The Morgan fingerprint density at radius 1 is 1.44 bits per heavy atom. The molecule has 0 aliphatic carbocycles. The lowest BCUT2D eigenvalue weighted by molar-refractivity contribution is -0.103. The van der Waals surface area contributed by atoms with Crippen LogP contribution in [-0.2, 0) is 4.74 Å². The molecule has 0 amide bonds. The third kappa shape index (κ3) is 1.80. The number of hydrogen-bond donors (Lipinski definition) is 1. The monoisotopic (exact) mass is 251 g/mol. The fraction of sp³-hybridized carbons (Fsp3) is 0.571. The number of ether oxygens (including phenoxy) is 2. The zero-order valence-corrected chi connectivity index (χ0v) is 10.5. The van der Waals surface area contributed by atoms with E-state index >= 15 is 0 Å². The SMILES string of the molecule is CC1COCCC12C[C@@H](N)c1cc(F)ccc1O2. The summed E-state index contributed by atoms with van der Waals surface area (Å²) in [5, 5.41) is 0. The number of fused-ring (bicyclic) bond motifs is 1. The molecule has 1 aromatic rings. The van der Waals surface area contributed by atoms with E-state index in [0.717, 1.165) is 24.2 Å². The highest BCUT2D eigenvalue weighted by Crippen LogP contribution is 2.45. The third-order valence-corrected chi connectivity index (χ3v) is 4.19. The Labute approximate surface area is 106 Å². The normalized spacial score (nSPS) is 35.1. The molecule has 1 fully saturated rings. The van der Waals surface area contributed by atoms with E-state index in [1.54, 1.807) is 6.07 Å². The van der Waals surface area contributed by atoms with Gasteiger partial charge in [-0.2, -0.15) is 0 Å². The number of nitrogens with two attached hydrogens (primary N) is 1. The van der Waals surface area contributed by atoms with Gasteiger partial charge >= 0.3 is 0 Å². The standard InChI is InChI=1S/C14H18FNO2/c1-9-8-17-5-4-14(9)7-12(16)11-6-10(15)2-3-13(11)18-14/h2-3,6,9,12H,4-5,7-8,16H2,1H3/t9?,12-,14?/m1/s1. The molecule has 4 heteroatoms. The van der Waals surface area contributed by atoms with Crippen LogP contribution in [-0.4, -0.2) is 18.8 Å². The summed E-state index contributed by atoms with van der Waals surface area (Å²) >= 11 is 0. The highest BCUT2D eigenvalue weighted by Gasteiger charge is 2.45. The summed E-state index contributed by atoms with van der Waals surface area (Å²) in [6, 6.07) is 4.43. The van der Waals surface area contributed by atoms with Crippen LogP contribution in [0.4, 0.5) is 4.39 Å². The minimum atomic E-state index is -0.260. The van der Waals surface area contributed by atoms with Crippen molar-refractivity contribution < 1.29 is 13.9 Å². The van der Waals surface area contributed by atoms with Gasteiger partial charge in [-0.25, -0.2) is 4.39 Å². The Hall–Kier alpha value is -1.13. The summed E-state index contributed by atoms with van der Waals surface area (Å²) in [5.41, 5.74) is 6.73. The van der Waals surface area contributed by atoms with Gasteiger partial charge in [0.2, 0.25) is 0 Å². The molecular weight excluding hydrogens is 233 g/mol. The average Bonchev–Trinajstić information content (AvgIpc) is 2.34. The van der Waals surface area contributed by atoms with E-state index in [4.69, 9.17) is 15.2 Å². The molecule has 3 nitrogen and oxygen atoms in total. The Bertz CT molecular complexity index is 465. The molecule has 0 aromatic heterocycles.